The van der Waals surface area contributed by atoms with E-state index in [0.717, 1.165) is 38.7 Å². The standard InChI is InChI=1S/C22H30N6O2S/c1-23-22(25-12-13-26-31(29,30)21-10-5-11-24-19-21)28-17-15-27(16-18-28)14-6-9-20-7-3-2-4-8-20/h2-11,19,26H,12-18H2,1H3,(H,23,25)/b9-6+. The summed E-state index contributed by atoms with van der Waals surface area (Å²) >= 11 is 0. The number of rotatable bonds is 8. The Bertz CT molecular complexity index is 956. The van der Waals surface area contributed by atoms with Crippen LogP contribution in [0, 0.1) is 0 Å². The predicted molar refractivity (Wildman–Crippen MR) is 124 cm³/mol. The van der Waals surface area contributed by atoms with Crippen molar-refractivity contribution in [1.29, 1.82) is 0 Å². The first-order valence-corrected chi connectivity index (χ1v) is 11.9. The maximum atomic E-state index is 12.2. The number of aromatic nitrogens is 1. The van der Waals surface area contributed by atoms with E-state index < -0.39 is 10.0 Å². The van der Waals surface area contributed by atoms with Gasteiger partial charge in [-0.1, -0.05) is 42.5 Å². The number of guanidine groups is 1. The average Bonchev–Trinajstić information content (AvgIpc) is 2.81. The third-order valence-corrected chi connectivity index (χ3v) is 6.45. The van der Waals surface area contributed by atoms with Crippen molar-refractivity contribution in [2.75, 3.05) is 52.9 Å². The Morgan fingerprint density at radius 3 is 2.55 bits per heavy atom. The minimum Gasteiger partial charge on any atom is -0.355 e. The van der Waals surface area contributed by atoms with Gasteiger partial charge < -0.3 is 10.2 Å². The van der Waals surface area contributed by atoms with Gasteiger partial charge in [-0.25, -0.2) is 13.1 Å². The van der Waals surface area contributed by atoms with E-state index in [-0.39, 0.29) is 11.4 Å². The summed E-state index contributed by atoms with van der Waals surface area (Å²) in [6.45, 7) is 5.29. The topological polar surface area (TPSA) is 89.9 Å². The number of nitrogens with zero attached hydrogens (tertiary/aromatic N) is 4. The van der Waals surface area contributed by atoms with E-state index in [2.05, 4.69) is 54.1 Å². The summed E-state index contributed by atoms with van der Waals surface area (Å²) in [5, 5.41) is 3.24. The Hall–Kier alpha value is -2.75. The molecule has 166 valence electrons. The largest absolute Gasteiger partial charge is 0.355 e. The van der Waals surface area contributed by atoms with E-state index in [1.54, 1.807) is 19.3 Å². The summed E-state index contributed by atoms with van der Waals surface area (Å²) in [7, 11) is -1.80. The number of benzene rings is 1. The summed E-state index contributed by atoms with van der Waals surface area (Å²) in [5.74, 6) is 0.792. The van der Waals surface area contributed by atoms with Crippen molar-refractivity contribution in [3.05, 3.63) is 66.5 Å². The molecule has 0 aliphatic carbocycles. The second-order valence-corrected chi connectivity index (χ2v) is 8.93. The van der Waals surface area contributed by atoms with Crippen LogP contribution < -0.4 is 10.0 Å². The molecular weight excluding hydrogens is 412 g/mol. The summed E-state index contributed by atoms with van der Waals surface area (Å²) in [5.41, 5.74) is 1.21. The summed E-state index contributed by atoms with van der Waals surface area (Å²) < 4.78 is 27.0. The zero-order valence-corrected chi connectivity index (χ0v) is 18.6. The molecule has 1 aromatic heterocycles. The SMILES string of the molecule is CN=C(NCCNS(=O)(=O)c1cccnc1)N1CCN(C/C=C/c2ccccc2)CC1. The van der Waals surface area contributed by atoms with Crippen molar-refractivity contribution in [3.63, 3.8) is 0 Å². The first-order valence-electron chi connectivity index (χ1n) is 10.4. The second-order valence-electron chi connectivity index (χ2n) is 7.16. The van der Waals surface area contributed by atoms with E-state index in [1.807, 2.05) is 18.2 Å². The molecule has 0 spiro atoms. The van der Waals surface area contributed by atoms with Crippen LogP contribution in [0.5, 0.6) is 0 Å². The van der Waals surface area contributed by atoms with Gasteiger partial charge in [0.1, 0.15) is 4.90 Å². The molecule has 3 rings (SSSR count). The molecule has 9 heteroatoms. The molecule has 0 amide bonds. The van der Waals surface area contributed by atoms with Crippen LogP contribution in [-0.2, 0) is 10.0 Å². The molecule has 0 bridgehead atoms. The summed E-state index contributed by atoms with van der Waals surface area (Å²) in [6.07, 6.45) is 7.24. The maximum absolute atomic E-state index is 12.2. The van der Waals surface area contributed by atoms with Gasteiger partial charge in [0.25, 0.3) is 0 Å². The van der Waals surface area contributed by atoms with E-state index in [4.69, 9.17) is 0 Å². The molecule has 2 heterocycles. The molecule has 1 fully saturated rings. The fourth-order valence-corrected chi connectivity index (χ4v) is 4.32. The van der Waals surface area contributed by atoms with Crippen LogP contribution in [0.15, 0.2) is 70.8 Å². The first-order chi connectivity index (χ1) is 15.1. The smallest absolute Gasteiger partial charge is 0.242 e. The third-order valence-electron chi connectivity index (χ3n) is 5.00. The van der Waals surface area contributed by atoms with Gasteiger partial charge in [-0.2, -0.15) is 0 Å². The molecule has 0 saturated carbocycles. The monoisotopic (exact) mass is 442 g/mol. The van der Waals surface area contributed by atoms with Crippen LogP contribution >= 0.6 is 0 Å². The highest BCUT2D eigenvalue weighted by molar-refractivity contribution is 7.89. The maximum Gasteiger partial charge on any atom is 0.242 e. The lowest BCUT2D eigenvalue weighted by Crippen LogP contribution is -2.53. The lowest BCUT2D eigenvalue weighted by Gasteiger charge is -2.36. The van der Waals surface area contributed by atoms with Crippen LogP contribution in [0.25, 0.3) is 6.08 Å². The van der Waals surface area contributed by atoms with Crippen molar-refractivity contribution < 1.29 is 8.42 Å². The van der Waals surface area contributed by atoms with E-state index >= 15 is 0 Å². The molecular formula is C22H30N6O2S. The van der Waals surface area contributed by atoms with Crippen molar-refractivity contribution >= 4 is 22.1 Å². The molecule has 2 N–H and O–H groups in total. The zero-order valence-electron chi connectivity index (χ0n) is 17.8. The second kappa shape index (κ2) is 11.6. The van der Waals surface area contributed by atoms with Crippen molar-refractivity contribution in [3.8, 4) is 0 Å². The quantitative estimate of drug-likeness (QED) is 0.364. The van der Waals surface area contributed by atoms with Crippen LogP contribution in [0.4, 0.5) is 0 Å². The molecule has 0 unspecified atom stereocenters. The van der Waals surface area contributed by atoms with Gasteiger partial charge in [0.2, 0.25) is 10.0 Å². The fourth-order valence-electron chi connectivity index (χ4n) is 3.33. The van der Waals surface area contributed by atoms with Gasteiger partial charge in [-0.3, -0.25) is 14.9 Å². The number of nitrogens with one attached hydrogen (secondary N) is 2. The minimum absolute atomic E-state index is 0.164. The van der Waals surface area contributed by atoms with Gasteiger partial charge >= 0.3 is 0 Å². The van der Waals surface area contributed by atoms with Gasteiger partial charge in [0.15, 0.2) is 5.96 Å². The van der Waals surface area contributed by atoms with E-state index in [1.165, 1.54) is 17.8 Å². The number of aliphatic imine (C=N–C) groups is 1. The normalized spacial score (nSPS) is 16.0. The lowest BCUT2D eigenvalue weighted by atomic mass is 10.2. The third kappa shape index (κ3) is 7.16. The number of piperazine rings is 1. The molecule has 8 nitrogen and oxygen atoms in total. The molecule has 1 aliphatic rings. The summed E-state index contributed by atoms with van der Waals surface area (Å²) in [6, 6.07) is 13.4. The molecule has 1 aliphatic heterocycles. The fraction of sp³-hybridized carbons (Fsp3) is 0.364. The summed E-state index contributed by atoms with van der Waals surface area (Å²) in [4.78, 5) is 13.0. The zero-order chi connectivity index (χ0) is 21.9. The van der Waals surface area contributed by atoms with Gasteiger partial charge in [0, 0.05) is 65.3 Å². The Morgan fingerprint density at radius 2 is 1.87 bits per heavy atom. The Kier molecular flexibility index (Phi) is 8.57. The molecule has 1 aromatic carbocycles. The number of sulfonamides is 1. The highest BCUT2D eigenvalue weighted by Gasteiger charge is 2.19. The van der Waals surface area contributed by atoms with Crippen LogP contribution in [0.3, 0.4) is 0 Å². The minimum atomic E-state index is -3.55. The first kappa shape index (κ1) is 22.9. The van der Waals surface area contributed by atoms with Gasteiger partial charge in [0.05, 0.1) is 0 Å². The van der Waals surface area contributed by atoms with Crippen LogP contribution in [-0.4, -0.2) is 82.0 Å². The highest BCUT2D eigenvalue weighted by Crippen LogP contribution is 2.06. The molecule has 0 atom stereocenters. The molecule has 2 aromatic rings. The predicted octanol–water partition coefficient (Wildman–Crippen LogP) is 1.27. The number of hydrogen-bond acceptors (Lipinski definition) is 5. The van der Waals surface area contributed by atoms with E-state index in [0.29, 0.717) is 6.54 Å². The van der Waals surface area contributed by atoms with Crippen LogP contribution in [0.2, 0.25) is 0 Å². The Balaban J connectivity index is 1.38. The number of pyridine rings is 1. The lowest BCUT2D eigenvalue weighted by molar-refractivity contribution is 0.194. The van der Waals surface area contributed by atoms with Crippen LogP contribution in [0.1, 0.15) is 5.56 Å². The Morgan fingerprint density at radius 1 is 1.10 bits per heavy atom. The highest BCUT2D eigenvalue weighted by atomic mass is 32.2. The average molecular weight is 443 g/mol. The molecule has 0 radical (unpaired) electrons. The van der Waals surface area contributed by atoms with Crippen molar-refractivity contribution in [1.82, 2.24) is 24.8 Å². The Labute approximate surface area is 184 Å². The van der Waals surface area contributed by atoms with Gasteiger partial charge in [-0.15, -0.1) is 0 Å². The van der Waals surface area contributed by atoms with E-state index in [9.17, 15) is 8.42 Å². The molecule has 1 saturated heterocycles. The molecule has 31 heavy (non-hydrogen) atoms. The van der Waals surface area contributed by atoms with Crippen molar-refractivity contribution in [2.24, 2.45) is 4.99 Å². The number of hydrogen-bond donors (Lipinski definition) is 2. The van der Waals surface area contributed by atoms with Gasteiger partial charge in [-0.05, 0) is 17.7 Å². The van der Waals surface area contributed by atoms with Crippen molar-refractivity contribution in [2.45, 2.75) is 4.90 Å².